The van der Waals surface area contributed by atoms with Crippen molar-refractivity contribution in [2.24, 2.45) is 22.8 Å². The monoisotopic (exact) mass is 469 g/mol. The number of amides is 1. The third-order valence-electron chi connectivity index (χ3n) is 6.73. The maximum atomic E-state index is 12.2. The summed E-state index contributed by atoms with van der Waals surface area (Å²) in [6.07, 6.45) is 6.08. The number of hydrogen-bond acceptors (Lipinski definition) is 6. The van der Waals surface area contributed by atoms with Crippen molar-refractivity contribution in [3.05, 3.63) is 53.8 Å². The number of rotatable bonds is 12. The highest BCUT2D eigenvalue weighted by molar-refractivity contribution is 6.00. The maximum absolute atomic E-state index is 12.2. The van der Waals surface area contributed by atoms with Gasteiger partial charge < -0.3 is 25.8 Å². The van der Waals surface area contributed by atoms with Crippen LogP contribution in [0.3, 0.4) is 0 Å². The van der Waals surface area contributed by atoms with E-state index in [1.165, 1.54) is 0 Å². The van der Waals surface area contributed by atoms with Crippen LogP contribution in [0.4, 0.5) is 0 Å². The number of nitrogens with zero attached hydrogens (tertiary/aromatic N) is 2. The summed E-state index contributed by atoms with van der Waals surface area (Å²) < 4.78 is 11.5. The number of hydrogen-bond donors (Lipinski definition) is 3. The molecule has 1 saturated heterocycles. The van der Waals surface area contributed by atoms with Crippen molar-refractivity contribution in [2.45, 2.75) is 19.3 Å². The van der Waals surface area contributed by atoms with Crippen molar-refractivity contribution in [3.63, 3.8) is 0 Å². The quantitative estimate of drug-likeness (QED) is 0.245. The van der Waals surface area contributed by atoms with E-state index in [2.05, 4.69) is 41.1 Å². The van der Waals surface area contributed by atoms with Gasteiger partial charge in [0, 0.05) is 70.3 Å². The van der Waals surface area contributed by atoms with E-state index in [0.717, 1.165) is 56.0 Å². The summed E-state index contributed by atoms with van der Waals surface area (Å²) in [4.78, 5) is 17.0. The second kappa shape index (κ2) is 12.1. The number of methoxy groups -OCH3 is 1. The fourth-order valence-electron chi connectivity index (χ4n) is 4.76. The van der Waals surface area contributed by atoms with Gasteiger partial charge in [-0.2, -0.15) is 0 Å². The number of nitrogens with one attached hydrogen (secondary N) is 1. The lowest BCUT2D eigenvalue weighted by Crippen LogP contribution is -2.50. The fourth-order valence-corrected chi connectivity index (χ4v) is 4.76. The van der Waals surface area contributed by atoms with Crippen LogP contribution in [0.25, 0.3) is 5.57 Å². The van der Waals surface area contributed by atoms with Gasteiger partial charge in [0.25, 0.3) is 0 Å². The molecule has 2 atom stereocenters. The Morgan fingerprint density at radius 2 is 1.85 bits per heavy atom. The minimum atomic E-state index is -0.815. The van der Waals surface area contributed by atoms with Crippen molar-refractivity contribution in [2.75, 3.05) is 60.1 Å². The van der Waals surface area contributed by atoms with Crippen molar-refractivity contribution in [1.82, 2.24) is 9.80 Å². The van der Waals surface area contributed by atoms with Crippen molar-refractivity contribution < 1.29 is 14.3 Å². The van der Waals surface area contributed by atoms with Gasteiger partial charge in [0.2, 0.25) is 5.91 Å². The standard InChI is InChI=1S/C26H39N5O3/c1-30-11-13-31(14-12-30)19-26(17-22(24(27)28)25(29)32)10-9-21(20-7-4-3-5-8-20)23(18-26)34-16-6-15-33-2/h3-5,7-10,22H,6,11-19H2,1-2H3,(H3,27,28)(H2,29,32). The van der Waals surface area contributed by atoms with Crippen LogP contribution in [-0.4, -0.2) is 81.6 Å². The lowest BCUT2D eigenvalue weighted by atomic mass is 9.71. The summed E-state index contributed by atoms with van der Waals surface area (Å²) in [7, 11) is 3.82. The minimum absolute atomic E-state index is 0.181. The highest BCUT2D eigenvalue weighted by Crippen LogP contribution is 2.43. The Morgan fingerprint density at radius 1 is 1.15 bits per heavy atom. The zero-order chi connectivity index (χ0) is 24.6. The van der Waals surface area contributed by atoms with Gasteiger partial charge in [-0.05, 0) is 19.0 Å². The number of carbonyl (C=O) groups excluding carboxylic acids is 1. The largest absolute Gasteiger partial charge is 0.497 e. The van der Waals surface area contributed by atoms with Crippen molar-refractivity contribution in [1.29, 1.82) is 5.41 Å². The van der Waals surface area contributed by atoms with Crippen LogP contribution in [0.1, 0.15) is 24.8 Å². The first-order valence-corrected chi connectivity index (χ1v) is 12.0. The third kappa shape index (κ3) is 6.91. The molecule has 1 aromatic rings. The molecule has 8 heteroatoms. The van der Waals surface area contributed by atoms with E-state index in [0.29, 0.717) is 26.1 Å². The van der Waals surface area contributed by atoms with E-state index in [-0.39, 0.29) is 5.84 Å². The minimum Gasteiger partial charge on any atom is -0.497 e. The van der Waals surface area contributed by atoms with Gasteiger partial charge in [-0.25, -0.2) is 0 Å². The maximum Gasteiger partial charge on any atom is 0.228 e. The molecule has 0 aromatic heterocycles. The average molecular weight is 470 g/mol. The molecular weight excluding hydrogens is 430 g/mol. The van der Waals surface area contributed by atoms with Gasteiger partial charge >= 0.3 is 0 Å². The molecule has 1 aromatic carbocycles. The Bertz CT molecular complexity index is 879. The van der Waals surface area contributed by atoms with Crippen LogP contribution in [0.5, 0.6) is 0 Å². The highest BCUT2D eigenvalue weighted by atomic mass is 16.5. The van der Waals surface area contributed by atoms with Gasteiger partial charge in [0.1, 0.15) is 11.6 Å². The van der Waals surface area contributed by atoms with Crippen LogP contribution < -0.4 is 11.5 Å². The Kier molecular flexibility index (Phi) is 9.27. The highest BCUT2D eigenvalue weighted by Gasteiger charge is 2.40. The van der Waals surface area contributed by atoms with E-state index >= 15 is 0 Å². The molecule has 2 unspecified atom stereocenters. The smallest absolute Gasteiger partial charge is 0.228 e. The molecule has 1 aliphatic heterocycles. The third-order valence-corrected chi connectivity index (χ3v) is 6.73. The summed E-state index contributed by atoms with van der Waals surface area (Å²) in [5, 5.41) is 7.99. The number of piperazine rings is 1. The molecule has 0 spiro atoms. The summed E-state index contributed by atoms with van der Waals surface area (Å²) in [5.74, 6) is -0.658. The van der Waals surface area contributed by atoms with Gasteiger partial charge in [-0.1, -0.05) is 42.5 Å². The average Bonchev–Trinajstić information content (AvgIpc) is 2.82. The number of amidine groups is 1. The zero-order valence-corrected chi connectivity index (χ0v) is 20.5. The molecule has 34 heavy (non-hydrogen) atoms. The van der Waals surface area contributed by atoms with E-state index < -0.39 is 17.2 Å². The molecular formula is C26H39N5O3. The normalized spacial score (nSPS) is 22.5. The molecule has 1 fully saturated rings. The molecule has 2 aliphatic rings. The van der Waals surface area contributed by atoms with Crippen LogP contribution in [0, 0.1) is 16.7 Å². The van der Waals surface area contributed by atoms with Crippen LogP contribution in [0.2, 0.25) is 0 Å². The second-order valence-electron chi connectivity index (χ2n) is 9.46. The molecule has 3 rings (SSSR count). The van der Waals surface area contributed by atoms with Crippen LogP contribution in [-0.2, 0) is 14.3 Å². The predicted octanol–water partition coefficient (Wildman–Crippen LogP) is 2.07. The molecule has 186 valence electrons. The molecule has 1 amide bonds. The number of ether oxygens (including phenoxy) is 2. The first-order chi connectivity index (χ1) is 16.3. The van der Waals surface area contributed by atoms with Gasteiger partial charge in [-0.15, -0.1) is 0 Å². The van der Waals surface area contributed by atoms with E-state index in [9.17, 15) is 4.79 Å². The van der Waals surface area contributed by atoms with E-state index in [1.54, 1.807) is 7.11 Å². The number of nitrogens with two attached hydrogens (primary N) is 2. The predicted molar refractivity (Wildman–Crippen MR) is 135 cm³/mol. The fraction of sp³-hybridized carbons (Fsp3) is 0.538. The zero-order valence-electron chi connectivity index (χ0n) is 20.5. The number of likely N-dealkylation sites (N-methyl/N-ethyl adjacent to an activating group) is 1. The molecule has 5 N–H and O–H groups in total. The molecule has 0 radical (unpaired) electrons. The van der Waals surface area contributed by atoms with Gasteiger partial charge in [0.05, 0.1) is 12.5 Å². The Hall–Kier alpha value is -2.68. The molecule has 1 heterocycles. The Balaban J connectivity index is 1.93. The van der Waals surface area contributed by atoms with Crippen molar-refractivity contribution in [3.8, 4) is 0 Å². The van der Waals surface area contributed by atoms with E-state index in [1.807, 2.05) is 18.2 Å². The van der Waals surface area contributed by atoms with E-state index in [4.69, 9.17) is 26.4 Å². The molecule has 8 nitrogen and oxygen atoms in total. The SMILES string of the molecule is COCCCOC1=C(c2ccccc2)C=CC(CC(C(=N)N)C(N)=O)(CN2CCN(C)CC2)C1. The van der Waals surface area contributed by atoms with Crippen LogP contribution >= 0.6 is 0 Å². The first kappa shape index (κ1) is 25.9. The lowest BCUT2D eigenvalue weighted by Gasteiger charge is -2.43. The first-order valence-electron chi connectivity index (χ1n) is 12.0. The summed E-state index contributed by atoms with van der Waals surface area (Å²) in [6, 6.07) is 10.2. The summed E-state index contributed by atoms with van der Waals surface area (Å²) >= 11 is 0. The van der Waals surface area contributed by atoms with Gasteiger partial charge in [-0.3, -0.25) is 15.1 Å². The number of allylic oxidation sites excluding steroid dienone is 3. The lowest BCUT2D eigenvalue weighted by molar-refractivity contribution is -0.120. The molecule has 0 bridgehead atoms. The topological polar surface area (TPSA) is 118 Å². The van der Waals surface area contributed by atoms with Crippen molar-refractivity contribution >= 4 is 17.3 Å². The summed E-state index contributed by atoms with van der Waals surface area (Å²) in [5.41, 5.74) is 13.2. The number of benzene rings is 1. The number of primary amides is 1. The Morgan fingerprint density at radius 3 is 2.47 bits per heavy atom. The molecule has 0 saturated carbocycles. The second-order valence-corrected chi connectivity index (χ2v) is 9.46. The van der Waals surface area contributed by atoms with Crippen LogP contribution in [0.15, 0.2) is 48.2 Å². The molecule has 1 aliphatic carbocycles. The Labute approximate surface area is 203 Å². The summed E-state index contributed by atoms with van der Waals surface area (Å²) in [6.45, 7) is 5.82. The van der Waals surface area contributed by atoms with Gasteiger partial charge in [0.15, 0.2) is 0 Å². The number of carbonyl (C=O) groups is 1.